The summed E-state index contributed by atoms with van der Waals surface area (Å²) in [6.45, 7) is 1.15. The zero-order chi connectivity index (χ0) is 25.8. The van der Waals surface area contributed by atoms with Gasteiger partial charge in [0, 0.05) is 11.1 Å². The minimum Gasteiger partial charge on any atom is -0.493 e. The molecular formula is C24H23N5O7. The first-order chi connectivity index (χ1) is 17.3. The molecule has 12 heteroatoms. The van der Waals surface area contributed by atoms with E-state index in [0.29, 0.717) is 22.2 Å². The Morgan fingerprint density at radius 2 is 1.89 bits per heavy atom. The van der Waals surface area contributed by atoms with Crippen molar-refractivity contribution < 1.29 is 33.7 Å². The first kappa shape index (κ1) is 24.3. The number of ether oxygens (including phenoxy) is 3. The van der Waals surface area contributed by atoms with E-state index in [0.717, 1.165) is 0 Å². The van der Waals surface area contributed by atoms with Crippen LogP contribution in [0.4, 0.5) is 10.5 Å². The number of aromatic hydroxyl groups is 1. The second kappa shape index (κ2) is 10.2. The molecule has 0 aliphatic carbocycles. The zero-order valence-corrected chi connectivity index (χ0v) is 19.6. The third kappa shape index (κ3) is 4.82. The molecule has 1 aliphatic rings. The highest BCUT2D eigenvalue weighted by atomic mass is 16.5. The van der Waals surface area contributed by atoms with Gasteiger partial charge < -0.3 is 34.9 Å². The Kier molecular flexibility index (Phi) is 6.86. The number of aromatic nitrogens is 1. The summed E-state index contributed by atoms with van der Waals surface area (Å²) in [6.07, 6.45) is 0. The van der Waals surface area contributed by atoms with Crippen LogP contribution in [-0.2, 0) is 14.3 Å². The molecule has 0 fully saturated rings. The van der Waals surface area contributed by atoms with Crippen molar-refractivity contribution in [1.82, 2.24) is 15.6 Å². The molecule has 2 heterocycles. The molecule has 1 aromatic heterocycles. The van der Waals surface area contributed by atoms with Gasteiger partial charge in [0.1, 0.15) is 0 Å². The molecular weight excluding hydrogens is 470 g/mol. The first-order valence-corrected chi connectivity index (χ1v) is 10.7. The molecule has 3 aromatic rings. The molecule has 0 spiro atoms. The Balaban J connectivity index is 1.50. The van der Waals surface area contributed by atoms with Crippen molar-refractivity contribution in [1.29, 1.82) is 0 Å². The number of allylic oxidation sites excluding steroid dienone is 1. The molecule has 0 saturated carbocycles. The average Bonchev–Trinajstić information content (AvgIpc) is 3.19. The van der Waals surface area contributed by atoms with Crippen LogP contribution < -0.4 is 20.1 Å². The predicted octanol–water partition coefficient (Wildman–Crippen LogP) is 3.37. The number of para-hydroxylation sites is 1. The standard InChI is InChI=1S/C24H23N5O7/c1-12-19(23(32)35-3)20(27-24(33)25-12)13-8-9-16(17(10-13)34-2)36-11-18(30)28-29-21-14-6-4-5-7-15(14)26-22(21)31/h4-10,20,26,31H,11H2,1-3H3,(H2,25,27,33)/t20-/m1/s1. The Morgan fingerprint density at radius 3 is 2.64 bits per heavy atom. The summed E-state index contributed by atoms with van der Waals surface area (Å²) in [5.41, 5.74) is 1.95. The maximum atomic E-state index is 12.3. The predicted molar refractivity (Wildman–Crippen MR) is 127 cm³/mol. The number of carbonyl (C=O) groups is 3. The lowest BCUT2D eigenvalue weighted by Gasteiger charge is -2.28. The number of azo groups is 1. The van der Waals surface area contributed by atoms with Crippen LogP contribution in [0.25, 0.3) is 10.9 Å². The topological polar surface area (TPSA) is 164 Å². The van der Waals surface area contributed by atoms with E-state index < -0.39 is 30.6 Å². The molecule has 12 nitrogen and oxygen atoms in total. The number of carbonyl (C=O) groups excluding carboxylic acids is 3. The average molecular weight is 493 g/mol. The molecule has 0 saturated heterocycles. The van der Waals surface area contributed by atoms with E-state index in [1.807, 2.05) is 0 Å². The van der Waals surface area contributed by atoms with E-state index in [1.165, 1.54) is 14.2 Å². The number of nitrogens with zero attached hydrogens (tertiary/aromatic N) is 2. The third-order valence-corrected chi connectivity index (χ3v) is 5.47. The first-order valence-electron chi connectivity index (χ1n) is 10.7. The van der Waals surface area contributed by atoms with Crippen molar-refractivity contribution in [2.24, 2.45) is 10.2 Å². The SMILES string of the molecule is COC(=O)C1=C(C)NC(=O)N[C@@H]1c1ccc(OCC(=O)N=Nc2c(O)[nH]c3ccccc23)c(OC)c1. The van der Waals surface area contributed by atoms with Crippen molar-refractivity contribution in [3.05, 3.63) is 59.3 Å². The van der Waals surface area contributed by atoms with Gasteiger partial charge in [-0.3, -0.25) is 4.79 Å². The number of aromatic amines is 1. The fraction of sp³-hybridized carbons (Fsp3) is 0.208. The van der Waals surface area contributed by atoms with E-state index in [2.05, 4.69) is 25.8 Å². The third-order valence-electron chi connectivity index (χ3n) is 5.47. The molecule has 3 amide bonds. The number of benzene rings is 2. The van der Waals surface area contributed by atoms with Crippen LogP contribution in [0.15, 0.2) is 64.0 Å². The summed E-state index contributed by atoms with van der Waals surface area (Å²) >= 11 is 0. The van der Waals surface area contributed by atoms with Gasteiger partial charge in [0.15, 0.2) is 23.8 Å². The highest BCUT2D eigenvalue weighted by Crippen LogP contribution is 2.36. The molecule has 1 aliphatic heterocycles. The molecule has 0 radical (unpaired) electrons. The molecule has 2 aromatic carbocycles. The normalized spacial score (nSPS) is 15.5. The highest BCUT2D eigenvalue weighted by molar-refractivity contribution is 5.95. The van der Waals surface area contributed by atoms with Gasteiger partial charge in [-0.1, -0.05) is 24.3 Å². The van der Waals surface area contributed by atoms with Crippen molar-refractivity contribution in [2.45, 2.75) is 13.0 Å². The molecule has 0 bridgehead atoms. The van der Waals surface area contributed by atoms with Crippen LogP contribution in [0.3, 0.4) is 0 Å². The van der Waals surface area contributed by atoms with E-state index in [1.54, 1.807) is 49.4 Å². The zero-order valence-electron chi connectivity index (χ0n) is 19.6. The van der Waals surface area contributed by atoms with Gasteiger partial charge >= 0.3 is 17.9 Å². The van der Waals surface area contributed by atoms with E-state index >= 15 is 0 Å². The van der Waals surface area contributed by atoms with E-state index in [-0.39, 0.29) is 28.6 Å². The van der Waals surface area contributed by atoms with Crippen LogP contribution >= 0.6 is 0 Å². The summed E-state index contributed by atoms with van der Waals surface area (Å²) in [5.74, 6) is -0.988. The molecule has 4 rings (SSSR count). The summed E-state index contributed by atoms with van der Waals surface area (Å²) in [4.78, 5) is 39.3. The number of H-pyrrole nitrogens is 1. The quantitative estimate of drug-likeness (QED) is 0.289. The van der Waals surface area contributed by atoms with Crippen LogP contribution in [0.5, 0.6) is 17.4 Å². The number of hydrogen-bond acceptors (Lipinski definition) is 8. The molecule has 186 valence electrons. The van der Waals surface area contributed by atoms with Gasteiger partial charge in [0.25, 0.3) is 0 Å². The fourth-order valence-electron chi connectivity index (χ4n) is 3.80. The fourth-order valence-corrected chi connectivity index (χ4v) is 3.80. The Morgan fingerprint density at radius 1 is 1.11 bits per heavy atom. The number of methoxy groups -OCH3 is 2. The Hall–Kier alpha value is -4.87. The largest absolute Gasteiger partial charge is 0.493 e. The lowest BCUT2D eigenvalue weighted by Crippen LogP contribution is -2.45. The van der Waals surface area contributed by atoms with E-state index in [9.17, 15) is 19.5 Å². The number of rotatable bonds is 7. The monoisotopic (exact) mass is 493 g/mol. The second-order valence-electron chi connectivity index (χ2n) is 7.72. The number of nitrogens with one attached hydrogen (secondary N) is 3. The van der Waals surface area contributed by atoms with E-state index in [4.69, 9.17) is 14.2 Å². The summed E-state index contributed by atoms with van der Waals surface area (Å²) < 4.78 is 15.8. The number of fused-ring (bicyclic) bond motifs is 1. The van der Waals surface area contributed by atoms with Crippen LogP contribution in [0, 0.1) is 0 Å². The molecule has 36 heavy (non-hydrogen) atoms. The maximum Gasteiger partial charge on any atom is 0.337 e. The van der Waals surface area contributed by atoms with Crippen molar-refractivity contribution in [3.8, 4) is 17.4 Å². The Labute approximate surface area is 204 Å². The summed E-state index contributed by atoms with van der Waals surface area (Å²) in [7, 11) is 2.67. The number of esters is 1. The van der Waals surface area contributed by atoms with Crippen LogP contribution in [-0.4, -0.2) is 48.8 Å². The van der Waals surface area contributed by atoms with Crippen LogP contribution in [0.1, 0.15) is 18.5 Å². The Bertz CT molecular complexity index is 1410. The number of hydrogen-bond donors (Lipinski definition) is 4. The van der Waals surface area contributed by atoms with Gasteiger partial charge in [0.05, 0.1) is 31.4 Å². The minimum absolute atomic E-state index is 0.148. The van der Waals surface area contributed by atoms with Crippen molar-refractivity contribution in [2.75, 3.05) is 20.8 Å². The summed E-state index contributed by atoms with van der Waals surface area (Å²) in [6, 6.07) is 10.6. The van der Waals surface area contributed by atoms with Gasteiger partial charge in [-0.15, -0.1) is 10.2 Å². The minimum atomic E-state index is -0.784. The second-order valence-corrected chi connectivity index (χ2v) is 7.72. The van der Waals surface area contributed by atoms with Crippen LogP contribution in [0.2, 0.25) is 0 Å². The highest BCUT2D eigenvalue weighted by Gasteiger charge is 2.32. The summed E-state index contributed by atoms with van der Waals surface area (Å²) in [5, 5.41) is 23.4. The van der Waals surface area contributed by atoms with Gasteiger partial charge in [-0.25, -0.2) is 9.59 Å². The smallest absolute Gasteiger partial charge is 0.337 e. The lowest BCUT2D eigenvalue weighted by molar-refractivity contribution is -0.136. The number of amides is 3. The van der Waals surface area contributed by atoms with Gasteiger partial charge in [-0.05, 0) is 30.7 Å². The lowest BCUT2D eigenvalue weighted by atomic mass is 9.95. The van der Waals surface area contributed by atoms with Gasteiger partial charge in [-0.2, -0.15) is 0 Å². The number of urea groups is 1. The molecule has 4 N–H and O–H groups in total. The van der Waals surface area contributed by atoms with Crippen molar-refractivity contribution >= 4 is 34.5 Å². The van der Waals surface area contributed by atoms with Gasteiger partial charge in [0.2, 0.25) is 5.88 Å². The maximum absolute atomic E-state index is 12.3. The molecule has 1 atom stereocenters. The van der Waals surface area contributed by atoms with Crippen molar-refractivity contribution in [3.63, 3.8) is 0 Å². The molecule has 0 unspecified atom stereocenters.